The summed E-state index contributed by atoms with van der Waals surface area (Å²) in [4.78, 5) is 6.74. The van der Waals surface area contributed by atoms with E-state index in [4.69, 9.17) is 4.74 Å². The van der Waals surface area contributed by atoms with Gasteiger partial charge in [0.25, 0.3) is 0 Å². The minimum atomic E-state index is 0.363. The molecule has 1 saturated heterocycles. The fourth-order valence-corrected chi connectivity index (χ4v) is 2.97. The molecular formula is C16H22N4O. The molecule has 1 aliphatic heterocycles. The predicted octanol–water partition coefficient (Wildman–Crippen LogP) is 2.09. The molecule has 3 heterocycles. The van der Waals surface area contributed by atoms with Crippen molar-refractivity contribution in [2.75, 3.05) is 20.2 Å². The number of likely N-dealkylation sites (tertiary alicyclic amines) is 1. The lowest BCUT2D eigenvalue weighted by Gasteiger charge is -2.32. The van der Waals surface area contributed by atoms with Crippen molar-refractivity contribution in [2.24, 2.45) is 7.05 Å². The summed E-state index contributed by atoms with van der Waals surface area (Å²) in [6.45, 7) is 3.08. The van der Waals surface area contributed by atoms with Gasteiger partial charge in [0.05, 0.1) is 12.3 Å². The van der Waals surface area contributed by atoms with E-state index in [-0.39, 0.29) is 0 Å². The van der Waals surface area contributed by atoms with Crippen molar-refractivity contribution in [3.63, 3.8) is 0 Å². The molecule has 21 heavy (non-hydrogen) atoms. The third kappa shape index (κ3) is 3.31. The zero-order valence-corrected chi connectivity index (χ0v) is 12.7. The van der Waals surface area contributed by atoms with Crippen LogP contribution in [-0.2, 0) is 18.3 Å². The minimum Gasteiger partial charge on any atom is -0.380 e. The molecule has 2 aromatic rings. The van der Waals surface area contributed by atoms with Gasteiger partial charge in [0.1, 0.15) is 0 Å². The van der Waals surface area contributed by atoms with Gasteiger partial charge >= 0.3 is 0 Å². The smallest absolute Gasteiger partial charge is 0.0698 e. The van der Waals surface area contributed by atoms with Gasteiger partial charge in [0.2, 0.25) is 0 Å². The van der Waals surface area contributed by atoms with Crippen LogP contribution in [0.15, 0.2) is 30.9 Å². The molecular weight excluding hydrogens is 264 g/mol. The van der Waals surface area contributed by atoms with E-state index in [0.717, 1.165) is 25.2 Å². The Morgan fingerprint density at radius 2 is 2.29 bits per heavy atom. The molecule has 0 radical (unpaired) electrons. The monoisotopic (exact) mass is 286 g/mol. The first-order valence-electron chi connectivity index (χ1n) is 7.43. The number of pyridine rings is 1. The lowest BCUT2D eigenvalue weighted by Crippen LogP contribution is -2.38. The van der Waals surface area contributed by atoms with Gasteiger partial charge in [-0.1, -0.05) is 0 Å². The van der Waals surface area contributed by atoms with Gasteiger partial charge in [-0.2, -0.15) is 5.10 Å². The number of hydrogen-bond donors (Lipinski definition) is 0. The van der Waals surface area contributed by atoms with Crippen LogP contribution in [-0.4, -0.2) is 46.0 Å². The Bertz CT molecular complexity index is 595. The van der Waals surface area contributed by atoms with Crippen LogP contribution in [0.4, 0.5) is 0 Å². The van der Waals surface area contributed by atoms with Crippen molar-refractivity contribution in [3.8, 4) is 11.1 Å². The first-order valence-corrected chi connectivity index (χ1v) is 7.43. The molecule has 1 atom stereocenters. The molecule has 0 spiro atoms. The van der Waals surface area contributed by atoms with E-state index in [9.17, 15) is 0 Å². The normalized spacial score (nSPS) is 19.8. The predicted molar refractivity (Wildman–Crippen MR) is 81.7 cm³/mol. The summed E-state index contributed by atoms with van der Waals surface area (Å²) in [6, 6.07) is 2.11. The summed E-state index contributed by atoms with van der Waals surface area (Å²) in [5.74, 6) is 0. The van der Waals surface area contributed by atoms with Gasteiger partial charge in [-0.3, -0.25) is 14.6 Å². The van der Waals surface area contributed by atoms with Crippen LogP contribution in [0.25, 0.3) is 11.1 Å². The van der Waals surface area contributed by atoms with Crippen molar-refractivity contribution in [3.05, 3.63) is 36.4 Å². The van der Waals surface area contributed by atoms with Gasteiger partial charge < -0.3 is 4.74 Å². The van der Waals surface area contributed by atoms with E-state index in [1.165, 1.54) is 24.0 Å². The van der Waals surface area contributed by atoms with E-state index >= 15 is 0 Å². The van der Waals surface area contributed by atoms with Crippen molar-refractivity contribution in [1.29, 1.82) is 0 Å². The fourth-order valence-electron chi connectivity index (χ4n) is 2.97. The molecule has 0 amide bonds. The summed E-state index contributed by atoms with van der Waals surface area (Å²) < 4.78 is 7.34. The Morgan fingerprint density at radius 1 is 1.38 bits per heavy atom. The molecule has 1 aliphatic rings. The number of methoxy groups -OCH3 is 1. The minimum absolute atomic E-state index is 0.363. The first kappa shape index (κ1) is 14.2. The summed E-state index contributed by atoms with van der Waals surface area (Å²) in [5, 5.41) is 4.26. The highest BCUT2D eigenvalue weighted by atomic mass is 16.5. The Labute approximate surface area is 125 Å². The molecule has 2 aromatic heterocycles. The third-order valence-corrected chi connectivity index (χ3v) is 4.12. The van der Waals surface area contributed by atoms with E-state index < -0.39 is 0 Å². The lowest BCUT2D eigenvalue weighted by atomic mass is 10.0. The van der Waals surface area contributed by atoms with Gasteiger partial charge in [-0.05, 0) is 31.0 Å². The molecule has 0 saturated carbocycles. The average molecular weight is 286 g/mol. The topological polar surface area (TPSA) is 43.2 Å². The molecule has 0 aliphatic carbocycles. The summed E-state index contributed by atoms with van der Waals surface area (Å²) in [6.07, 6.45) is 10.5. The first-order chi connectivity index (χ1) is 10.3. The average Bonchev–Trinajstić information content (AvgIpc) is 2.94. The highest BCUT2D eigenvalue weighted by molar-refractivity contribution is 5.64. The zero-order valence-electron chi connectivity index (χ0n) is 12.7. The van der Waals surface area contributed by atoms with Crippen molar-refractivity contribution >= 4 is 0 Å². The second kappa shape index (κ2) is 6.37. The van der Waals surface area contributed by atoms with E-state index in [2.05, 4.69) is 21.0 Å². The van der Waals surface area contributed by atoms with Crippen molar-refractivity contribution < 1.29 is 4.74 Å². The number of aryl methyl sites for hydroxylation is 1. The molecule has 112 valence electrons. The maximum absolute atomic E-state index is 5.51. The standard InChI is InChI=1S/C16H22N4O/c1-19-10-14(8-18-19)16-9-17-6-5-13(16)11-20-7-3-4-15(12-20)21-2/h5-6,8-10,15H,3-4,7,11-12H2,1-2H3. The Morgan fingerprint density at radius 3 is 3.05 bits per heavy atom. The number of aromatic nitrogens is 3. The molecule has 1 fully saturated rings. The quantitative estimate of drug-likeness (QED) is 0.863. The van der Waals surface area contributed by atoms with Crippen LogP contribution in [0.5, 0.6) is 0 Å². The summed E-state index contributed by atoms with van der Waals surface area (Å²) >= 11 is 0. The van der Waals surface area contributed by atoms with Crippen LogP contribution in [0.1, 0.15) is 18.4 Å². The Balaban J connectivity index is 1.79. The van der Waals surface area contributed by atoms with Gasteiger partial charge in [0.15, 0.2) is 0 Å². The van der Waals surface area contributed by atoms with Gasteiger partial charge in [-0.15, -0.1) is 0 Å². The molecule has 0 bridgehead atoms. The van der Waals surface area contributed by atoms with Crippen LogP contribution in [0.2, 0.25) is 0 Å². The molecule has 0 N–H and O–H groups in total. The van der Waals surface area contributed by atoms with Crippen molar-refractivity contribution in [2.45, 2.75) is 25.5 Å². The molecule has 5 nitrogen and oxygen atoms in total. The van der Waals surface area contributed by atoms with E-state index in [1.807, 2.05) is 43.6 Å². The Kier molecular flexibility index (Phi) is 4.31. The van der Waals surface area contributed by atoms with Crippen LogP contribution < -0.4 is 0 Å². The number of nitrogens with zero attached hydrogens (tertiary/aromatic N) is 4. The number of piperidine rings is 1. The molecule has 0 aromatic carbocycles. The maximum Gasteiger partial charge on any atom is 0.0698 e. The second-order valence-corrected chi connectivity index (χ2v) is 5.67. The molecule has 3 rings (SSSR count). The van der Waals surface area contributed by atoms with Crippen LogP contribution >= 0.6 is 0 Å². The summed E-state index contributed by atoms with van der Waals surface area (Å²) in [7, 11) is 3.75. The maximum atomic E-state index is 5.51. The summed E-state index contributed by atoms with van der Waals surface area (Å²) in [5.41, 5.74) is 3.60. The van der Waals surface area contributed by atoms with Gasteiger partial charge in [0, 0.05) is 57.0 Å². The SMILES string of the molecule is COC1CCCN(Cc2ccncc2-c2cnn(C)c2)C1. The van der Waals surface area contributed by atoms with Crippen LogP contribution in [0, 0.1) is 0 Å². The highest BCUT2D eigenvalue weighted by Gasteiger charge is 2.20. The third-order valence-electron chi connectivity index (χ3n) is 4.12. The van der Waals surface area contributed by atoms with E-state index in [0.29, 0.717) is 6.10 Å². The van der Waals surface area contributed by atoms with Crippen LogP contribution in [0.3, 0.4) is 0 Å². The Hall–Kier alpha value is -1.72. The highest BCUT2D eigenvalue weighted by Crippen LogP contribution is 2.24. The zero-order chi connectivity index (χ0) is 14.7. The number of ether oxygens (including phenoxy) is 1. The number of rotatable bonds is 4. The lowest BCUT2D eigenvalue weighted by molar-refractivity contribution is 0.0286. The number of hydrogen-bond acceptors (Lipinski definition) is 4. The molecule has 1 unspecified atom stereocenters. The van der Waals surface area contributed by atoms with E-state index in [1.54, 1.807) is 0 Å². The fraction of sp³-hybridized carbons (Fsp3) is 0.500. The van der Waals surface area contributed by atoms with Crippen molar-refractivity contribution in [1.82, 2.24) is 19.7 Å². The molecule has 5 heteroatoms. The van der Waals surface area contributed by atoms with Gasteiger partial charge in [-0.25, -0.2) is 0 Å². The largest absolute Gasteiger partial charge is 0.380 e. The second-order valence-electron chi connectivity index (χ2n) is 5.67.